The number of hydrogen-bond donors (Lipinski definition) is 1. The fourth-order valence-electron chi connectivity index (χ4n) is 2.72. The van der Waals surface area contributed by atoms with E-state index in [1.54, 1.807) is 26.2 Å². The predicted molar refractivity (Wildman–Crippen MR) is 109 cm³/mol. The van der Waals surface area contributed by atoms with Gasteiger partial charge in [0.25, 0.3) is 5.91 Å². The monoisotopic (exact) mass is 415 g/mol. The van der Waals surface area contributed by atoms with Crippen molar-refractivity contribution in [2.75, 3.05) is 7.11 Å². The van der Waals surface area contributed by atoms with Gasteiger partial charge in [0.2, 0.25) is 11.7 Å². The lowest BCUT2D eigenvalue weighted by Crippen LogP contribution is -2.36. The molecule has 1 amide bonds. The average molecular weight is 416 g/mol. The summed E-state index contributed by atoms with van der Waals surface area (Å²) in [5, 5.41) is 7.37. The number of hydrogen-bond acceptors (Lipinski definition) is 6. The lowest BCUT2D eigenvalue weighted by atomic mass is 10.1. The van der Waals surface area contributed by atoms with Crippen molar-refractivity contribution in [3.8, 4) is 22.9 Å². The summed E-state index contributed by atoms with van der Waals surface area (Å²) in [7, 11) is 1.60. The fourth-order valence-corrected chi connectivity index (χ4v) is 2.83. The number of benzene rings is 2. The molecular weight excluding hydrogens is 394 g/mol. The smallest absolute Gasteiger partial charge is 0.261 e. The maximum Gasteiger partial charge on any atom is 0.261 e. The highest BCUT2D eigenvalue weighted by Crippen LogP contribution is 2.26. The molecule has 0 aliphatic carbocycles. The first-order valence-corrected chi connectivity index (χ1v) is 9.43. The first-order valence-electron chi connectivity index (χ1n) is 9.05. The largest absolute Gasteiger partial charge is 0.497 e. The Morgan fingerprint density at radius 3 is 2.45 bits per heavy atom. The number of amides is 1. The Hall–Kier alpha value is -3.06. The van der Waals surface area contributed by atoms with Gasteiger partial charge in [0.1, 0.15) is 11.5 Å². The molecular formula is C21H22ClN3O4. The summed E-state index contributed by atoms with van der Waals surface area (Å²) < 4.78 is 16.1. The van der Waals surface area contributed by atoms with Crippen molar-refractivity contribution in [2.45, 2.75) is 33.4 Å². The Bertz CT molecular complexity index is 978. The molecule has 0 fully saturated rings. The Morgan fingerprint density at radius 2 is 1.83 bits per heavy atom. The summed E-state index contributed by atoms with van der Waals surface area (Å²) in [5.74, 6) is 1.78. The lowest BCUT2D eigenvalue weighted by Gasteiger charge is -2.15. The fraction of sp³-hybridized carbons (Fsp3) is 0.286. The van der Waals surface area contributed by atoms with Gasteiger partial charge in [-0.1, -0.05) is 16.8 Å². The molecule has 3 aromatic rings. The molecule has 0 spiro atoms. The van der Waals surface area contributed by atoms with Crippen LogP contribution in [0.5, 0.6) is 11.5 Å². The maximum absolute atomic E-state index is 12.3. The number of aryl methyl sites for hydroxylation is 2. The van der Waals surface area contributed by atoms with Gasteiger partial charge in [0, 0.05) is 10.6 Å². The normalized spacial score (nSPS) is 11.8. The first-order chi connectivity index (χ1) is 13.9. The minimum atomic E-state index is -0.695. The number of rotatable bonds is 7. The zero-order valence-corrected chi connectivity index (χ0v) is 17.4. The molecule has 0 unspecified atom stereocenters. The molecule has 1 atom stereocenters. The highest BCUT2D eigenvalue weighted by atomic mass is 35.5. The van der Waals surface area contributed by atoms with Gasteiger partial charge in [-0.3, -0.25) is 4.79 Å². The molecule has 0 saturated heterocycles. The van der Waals surface area contributed by atoms with Crippen molar-refractivity contribution in [3.63, 3.8) is 0 Å². The molecule has 7 nitrogen and oxygen atoms in total. The van der Waals surface area contributed by atoms with Gasteiger partial charge in [-0.05, 0) is 68.3 Å². The summed E-state index contributed by atoms with van der Waals surface area (Å²) >= 11 is 6.16. The molecule has 1 aromatic heterocycles. The Kier molecular flexibility index (Phi) is 6.39. The van der Waals surface area contributed by atoms with Crippen molar-refractivity contribution < 1.29 is 18.8 Å². The highest BCUT2D eigenvalue weighted by Gasteiger charge is 2.17. The second-order valence-corrected chi connectivity index (χ2v) is 6.97. The minimum Gasteiger partial charge on any atom is -0.497 e. The van der Waals surface area contributed by atoms with Gasteiger partial charge in [-0.15, -0.1) is 0 Å². The van der Waals surface area contributed by atoms with E-state index in [0.717, 1.165) is 22.4 Å². The molecule has 1 heterocycles. The summed E-state index contributed by atoms with van der Waals surface area (Å²) in [6.07, 6.45) is -0.695. The third-order valence-electron chi connectivity index (χ3n) is 4.32. The number of halogens is 1. The second kappa shape index (κ2) is 8.96. The van der Waals surface area contributed by atoms with Crippen LogP contribution in [-0.4, -0.2) is 29.3 Å². The van der Waals surface area contributed by atoms with Gasteiger partial charge < -0.3 is 19.3 Å². The van der Waals surface area contributed by atoms with Gasteiger partial charge in [0.15, 0.2) is 6.10 Å². The van der Waals surface area contributed by atoms with Crippen LogP contribution in [0, 0.1) is 13.8 Å². The Morgan fingerprint density at radius 1 is 1.17 bits per heavy atom. The zero-order chi connectivity index (χ0) is 21.0. The number of nitrogens with one attached hydrogen (secondary N) is 1. The van der Waals surface area contributed by atoms with Crippen LogP contribution in [0.25, 0.3) is 11.4 Å². The lowest BCUT2D eigenvalue weighted by molar-refractivity contribution is -0.127. The minimum absolute atomic E-state index is 0.106. The van der Waals surface area contributed by atoms with Crippen molar-refractivity contribution in [2.24, 2.45) is 0 Å². The molecule has 3 rings (SSSR count). The van der Waals surface area contributed by atoms with E-state index in [9.17, 15) is 4.79 Å². The number of carbonyl (C=O) groups excluding carboxylic acids is 1. The van der Waals surface area contributed by atoms with E-state index in [1.165, 1.54) is 0 Å². The third kappa shape index (κ3) is 5.06. The van der Waals surface area contributed by atoms with E-state index in [2.05, 4.69) is 15.5 Å². The van der Waals surface area contributed by atoms with Gasteiger partial charge >= 0.3 is 0 Å². The number of ether oxygens (including phenoxy) is 2. The van der Waals surface area contributed by atoms with Gasteiger partial charge in [-0.2, -0.15) is 4.98 Å². The predicted octanol–water partition coefficient (Wildman–Crippen LogP) is 4.10. The van der Waals surface area contributed by atoms with Crippen molar-refractivity contribution in [1.82, 2.24) is 15.5 Å². The summed E-state index contributed by atoms with van der Waals surface area (Å²) in [5.41, 5.74) is 2.58. The van der Waals surface area contributed by atoms with Crippen LogP contribution in [0.3, 0.4) is 0 Å². The van der Waals surface area contributed by atoms with E-state index < -0.39 is 6.10 Å². The molecule has 8 heteroatoms. The zero-order valence-electron chi connectivity index (χ0n) is 16.7. The second-order valence-electron chi connectivity index (χ2n) is 6.59. The first kappa shape index (κ1) is 20.7. The molecule has 0 saturated carbocycles. The number of methoxy groups -OCH3 is 1. The van der Waals surface area contributed by atoms with Gasteiger partial charge in [-0.25, -0.2) is 0 Å². The van der Waals surface area contributed by atoms with E-state index in [0.29, 0.717) is 22.5 Å². The van der Waals surface area contributed by atoms with Crippen LogP contribution in [-0.2, 0) is 11.3 Å². The van der Waals surface area contributed by atoms with Crippen LogP contribution in [0.4, 0.5) is 0 Å². The standard InChI is InChI=1S/C21H22ClN3O4/c1-12-9-17(10-13(2)19(12)22)28-14(3)21(26)23-11-18-24-20(25-29-18)15-5-7-16(27-4)8-6-15/h5-10,14H,11H2,1-4H3,(H,23,26)/t14-/m0/s1. The molecule has 0 bridgehead atoms. The van der Waals surface area contributed by atoms with E-state index in [-0.39, 0.29) is 12.5 Å². The number of carbonyl (C=O) groups is 1. The van der Waals surface area contributed by atoms with Crippen molar-refractivity contribution in [1.29, 1.82) is 0 Å². The van der Waals surface area contributed by atoms with Crippen LogP contribution in [0.2, 0.25) is 5.02 Å². The molecule has 1 N–H and O–H groups in total. The Balaban J connectivity index is 1.57. The summed E-state index contributed by atoms with van der Waals surface area (Å²) in [6, 6.07) is 10.9. The Labute approximate surface area is 174 Å². The average Bonchev–Trinajstić information content (AvgIpc) is 3.19. The topological polar surface area (TPSA) is 86.5 Å². The van der Waals surface area contributed by atoms with Gasteiger partial charge in [0.05, 0.1) is 13.7 Å². The van der Waals surface area contributed by atoms with E-state index >= 15 is 0 Å². The van der Waals surface area contributed by atoms with E-state index in [4.69, 9.17) is 25.6 Å². The van der Waals surface area contributed by atoms with Crippen LogP contribution < -0.4 is 14.8 Å². The SMILES string of the molecule is COc1ccc(-c2noc(CNC(=O)[C@H](C)Oc3cc(C)c(Cl)c(C)c3)n2)cc1. The van der Waals surface area contributed by atoms with Crippen LogP contribution in [0.15, 0.2) is 40.9 Å². The van der Waals surface area contributed by atoms with Crippen molar-refractivity contribution >= 4 is 17.5 Å². The van der Waals surface area contributed by atoms with E-state index in [1.807, 2.05) is 38.1 Å². The van der Waals surface area contributed by atoms with Crippen molar-refractivity contribution in [3.05, 3.63) is 58.4 Å². The number of aromatic nitrogens is 2. The maximum atomic E-state index is 12.3. The summed E-state index contributed by atoms with van der Waals surface area (Å²) in [4.78, 5) is 16.6. The molecule has 0 radical (unpaired) electrons. The molecule has 29 heavy (non-hydrogen) atoms. The van der Waals surface area contributed by atoms with Crippen LogP contribution in [0.1, 0.15) is 23.9 Å². The molecule has 2 aromatic carbocycles. The highest BCUT2D eigenvalue weighted by molar-refractivity contribution is 6.32. The molecule has 0 aliphatic heterocycles. The summed E-state index contributed by atoms with van der Waals surface area (Å²) in [6.45, 7) is 5.56. The quantitative estimate of drug-likeness (QED) is 0.625. The third-order valence-corrected chi connectivity index (χ3v) is 4.92. The molecule has 0 aliphatic rings. The van der Waals surface area contributed by atoms with Crippen LogP contribution >= 0.6 is 11.6 Å². The number of nitrogens with zero attached hydrogens (tertiary/aromatic N) is 2. The molecule has 152 valence electrons.